The number of hydrogen-bond acceptors (Lipinski definition) is 4. The van der Waals surface area contributed by atoms with Gasteiger partial charge in [0, 0.05) is 30.7 Å². The summed E-state index contributed by atoms with van der Waals surface area (Å²) in [5, 5.41) is 5.11. The first kappa shape index (κ1) is 11.8. The zero-order valence-corrected chi connectivity index (χ0v) is 11.8. The first-order chi connectivity index (χ1) is 9.40. The lowest BCUT2D eigenvalue weighted by molar-refractivity contribution is 0.0720. The van der Waals surface area contributed by atoms with E-state index in [1.54, 1.807) is 11.5 Å². The summed E-state index contributed by atoms with van der Waals surface area (Å²) in [5.41, 5.74) is 1.39. The molecule has 4 heteroatoms. The van der Waals surface area contributed by atoms with E-state index in [-0.39, 0.29) is 0 Å². The van der Waals surface area contributed by atoms with Crippen LogP contribution in [-0.4, -0.2) is 34.9 Å². The summed E-state index contributed by atoms with van der Waals surface area (Å²) >= 11 is 1.59. The van der Waals surface area contributed by atoms with E-state index < -0.39 is 0 Å². The Balaban J connectivity index is 1.49. The number of nitrogens with zero attached hydrogens (tertiary/aromatic N) is 2. The maximum absolute atomic E-state index is 4.30. The summed E-state index contributed by atoms with van der Waals surface area (Å²) < 4.78 is 5.60. The van der Waals surface area contributed by atoms with Crippen molar-refractivity contribution in [2.75, 3.05) is 19.6 Å². The molecule has 3 aliphatic heterocycles. The number of rotatable bonds is 3. The van der Waals surface area contributed by atoms with Crippen LogP contribution in [0.3, 0.4) is 0 Å². The Morgan fingerprint density at radius 2 is 2.21 bits per heavy atom. The van der Waals surface area contributed by atoms with Crippen molar-refractivity contribution in [1.29, 1.82) is 0 Å². The number of benzene rings is 1. The Labute approximate surface area is 117 Å². The van der Waals surface area contributed by atoms with Crippen LogP contribution < -0.4 is 5.32 Å². The molecule has 4 heterocycles. The minimum Gasteiger partial charge on any atom is -0.308 e. The molecule has 3 saturated heterocycles. The summed E-state index contributed by atoms with van der Waals surface area (Å²) in [7, 11) is 0. The minimum absolute atomic E-state index is 0.685. The van der Waals surface area contributed by atoms with Gasteiger partial charge in [0.2, 0.25) is 0 Å². The third kappa shape index (κ3) is 2.18. The van der Waals surface area contributed by atoms with Crippen molar-refractivity contribution in [3.05, 3.63) is 30.0 Å². The molecule has 1 atom stereocenters. The molecule has 1 N–H and O–H groups in total. The molecule has 0 saturated carbocycles. The molecule has 2 bridgehead atoms. The zero-order chi connectivity index (χ0) is 12.7. The molecule has 0 radical (unpaired) electrons. The Hall–Kier alpha value is -0.970. The van der Waals surface area contributed by atoms with Crippen molar-refractivity contribution in [2.24, 2.45) is 5.92 Å². The third-order valence-corrected chi connectivity index (χ3v) is 5.46. The first-order valence-electron chi connectivity index (χ1n) is 7.18. The molecule has 0 spiro atoms. The van der Waals surface area contributed by atoms with E-state index in [0.717, 1.165) is 12.5 Å². The Morgan fingerprint density at radius 3 is 3.00 bits per heavy atom. The lowest BCUT2D eigenvalue weighted by Gasteiger charge is -2.45. The van der Waals surface area contributed by atoms with E-state index in [2.05, 4.69) is 32.8 Å². The van der Waals surface area contributed by atoms with Crippen LogP contribution >= 0.6 is 11.5 Å². The SMILES string of the molecule is c1cc(CNC2CN3CCC2CC3)c2cnsc2c1. The number of aromatic nitrogens is 1. The van der Waals surface area contributed by atoms with Gasteiger partial charge in [-0.25, -0.2) is 0 Å². The van der Waals surface area contributed by atoms with Crippen LogP contribution in [0.2, 0.25) is 0 Å². The highest BCUT2D eigenvalue weighted by Crippen LogP contribution is 2.28. The molecule has 3 fully saturated rings. The minimum atomic E-state index is 0.685. The van der Waals surface area contributed by atoms with Crippen molar-refractivity contribution >= 4 is 21.6 Å². The molecular formula is C15H19N3S. The molecule has 1 unspecified atom stereocenters. The van der Waals surface area contributed by atoms with Crippen molar-refractivity contribution in [3.63, 3.8) is 0 Å². The predicted octanol–water partition coefficient (Wildman–Crippen LogP) is 2.48. The molecule has 100 valence electrons. The van der Waals surface area contributed by atoms with Crippen LogP contribution in [0.5, 0.6) is 0 Å². The molecule has 3 nitrogen and oxygen atoms in total. The smallest absolute Gasteiger partial charge is 0.0553 e. The Morgan fingerprint density at radius 1 is 1.32 bits per heavy atom. The fraction of sp³-hybridized carbons (Fsp3) is 0.533. The maximum Gasteiger partial charge on any atom is 0.0553 e. The molecule has 0 aliphatic carbocycles. The normalized spacial score (nSPS) is 30.0. The van der Waals surface area contributed by atoms with Gasteiger partial charge in [-0.15, -0.1) is 0 Å². The lowest BCUT2D eigenvalue weighted by Crippen LogP contribution is -2.55. The van der Waals surface area contributed by atoms with Crippen molar-refractivity contribution < 1.29 is 0 Å². The van der Waals surface area contributed by atoms with Gasteiger partial charge < -0.3 is 10.2 Å². The van der Waals surface area contributed by atoms with E-state index >= 15 is 0 Å². The van der Waals surface area contributed by atoms with Gasteiger partial charge in [-0.05, 0) is 55.0 Å². The van der Waals surface area contributed by atoms with Crippen molar-refractivity contribution in [1.82, 2.24) is 14.6 Å². The molecule has 3 aliphatic rings. The average Bonchev–Trinajstić information content (AvgIpc) is 2.95. The first-order valence-corrected chi connectivity index (χ1v) is 7.95. The highest BCUT2D eigenvalue weighted by Gasteiger charge is 2.33. The average molecular weight is 273 g/mol. The van der Waals surface area contributed by atoms with Gasteiger partial charge in [-0.2, -0.15) is 4.37 Å². The Bertz CT molecular complexity index is 572. The third-order valence-electron chi connectivity index (χ3n) is 4.70. The van der Waals surface area contributed by atoms with E-state index in [9.17, 15) is 0 Å². The summed E-state index contributed by atoms with van der Waals surface area (Å²) in [4.78, 5) is 2.60. The number of hydrogen-bond donors (Lipinski definition) is 1. The molecule has 19 heavy (non-hydrogen) atoms. The standard InChI is InChI=1S/C15H19N3S/c1-2-12(13-9-17-19-15(13)3-1)8-16-14-10-18-6-4-11(14)5-7-18/h1-3,9,11,14,16H,4-8,10H2. The lowest BCUT2D eigenvalue weighted by atomic mass is 9.84. The summed E-state index contributed by atoms with van der Waals surface area (Å²) in [5.74, 6) is 0.893. The van der Waals surface area contributed by atoms with Crippen LogP contribution in [0.1, 0.15) is 18.4 Å². The highest BCUT2D eigenvalue weighted by molar-refractivity contribution is 7.13. The number of piperidine rings is 3. The molecular weight excluding hydrogens is 254 g/mol. The van der Waals surface area contributed by atoms with E-state index in [0.29, 0.717) is 6.04 Å². The largest absolute Gasteiger partial charge is 0.308 e. The molecule has 1 aromatic carbocycles. The van der Waals surface area contributed by atoms with Gasteiger partial charge in [0.15, 0.2) is 0 Å². The monoisotopic (exact) mass is 273 g/mol. The van der Waals surface area contributed by atoms with Crippen LogP contribution in [0.15, 0.2) is 24.4 Å². The molecule has 2 aromatic rings. The fourth-order valence-corrected chi connectivity index (χ4v) is 4.24. The highest BCUT2D eigenvalue weighted by atomic mass is 32.1. The topological polar surface area (TPSA) is 28.2 Å². The molecule has 5 rings (SSSR count). The van der Waals surface area contributed by atoms with Gasteiger partial charge in [0.1, 0.15) is 0 Å². The summed E-state index contributed by atoms with van der Waals surface area (Å²) in [6.45, 7) is 4.84. The maximum atomic E-state index is 4.30. The van der Waals surface area contributed by atoms with Gasteiger partial charge in [-0.1, -0.05) is 12.1 Å². The van der Waals surface area contributed by atoms with E-state index in [1.165, 1.54) is 48.1 Å². The predicted molar refractivity (Wildman–Crippen MR) is 79.4 cm³/mol. The van der Waals surface area contributed by atoms with Crippen LogP contribution in [-0.2, 0) is 6.54 Å². The van der Waals surface area contributed by atoms with E-state index in [1.807, 2.05) is 6.20 Å². The van der Waals surface area contributed by atoms with Gasteiger partial charge in [-0.3, -0.25) is 0 Å². The molecule has 1 aromatic heterocycles. The quantitative estimate of drug-likeness (QED) is 0.931. The summed E-state index contributed by atoms with van der Waals surface area (Å²) in [6.07, 6.45) is 4.76. The second-order valence-electron chi connectivity index (χ2n) is 5.78. The van der Waals surface area contributed by atoms with Crippen LogP contribution in [0.4, 0.5) is 0 Å². The molecule has 0 amide bonds. The zero-order valence-electron chi connectivity index (χ0n) is 11.0. The second kappa shape index (κ2) is 4.85. The van der Waals surface area contributed by atoms with Gasteiger partial charge >= 0.3 is 0 Å². The van der Waals surface area contributed by atoms with Crippen molar-refractivity contribution in [2.45, 2.75) is 25.4 Å². The number of nitrogens with one attached hydrogen (secondary N) is 1. The number of fused-ring (bicyclic) bond motifs is 4. The van der Waals surface area contributed by atoms with Crippen LogP contribution in [0.25, 0.3) is 10.1 Å². The fourth-order valence-electron chi connectivity index (χ4n) is 3.54. The Kier molecular flexibility index (Phi) is 3.02. The van der Waals surface area contributed by atoms with Gasteiger partial charge in [0.05, 0.1) is 4.70 Å². The van der Waals surface area contributed by atoms with Crippen LogP contribution in [0, 0.1) is 5.92 Å². The van der Waals surface area contributed by atoms with Crippen molar-refractivity contribution in [3.8, 4) is 0 Å². The van der Waals surface area contributed by atoms with Gasteiger partial charge in [0.25, 0.3) is 0 Å². The summed E-state index contributed by atoms with van der Waals surface area (Å²) in [6, 6.07) is 7.22. The second-order valence-corrected chi connectivity index (χ2v) is 6.61. The van der Waals surface area contributed by atoms with E-state index in [4.69, 9.17) is 0 Å².